The zero-order valence-corrected chi connectivity index (χ0v) is 22.7. The Hall–Kier alpha value is -5.37. The minimum Gasteiger partial charge on any atom is -0.496 e. The Kier molecular flexibility index (Phi) is 7.19. The highest BCUT2D eigenvalue weighted by molar-refractivity contribution is 5.97. The first-order chi connectivity index (χ1) is 20.5. The number of rotatable bonds is 7. The molecule has 2 fully saturated rings. The van der Waals surface area contributed by atoms with Gasteiger partial charge >= 0.3 is 6.09 Å². The fourth-order valence-electron chi connectivity index (χ4n) is 5.39. The third-order valence-corrected chi connectivity index (χ3v) is 7.51. The van der Waals surface area contributed by atoms with Crippen molar-refractivity contribution >= 4 is 17.6 Å². The van der Waals surface area contributed by atoms with E-state index in [4.69, 9.17) is 9.47 Å². The Morgan fingerprint density at radius 1 is 1.19 bits per heavy atom. The molecule has 2 aromatic carbocycles. The number of hydrogen-bond donors (Lipinski definition) is 0. The third kappa shape index (κ3) is 4.99. The van der Waals surface area contributed by atoms with Crippen LogP contribution < -0.4 is 9.64 Å². The molecule has 10 nitrogen and oxygen atoms in total. The van der Waals surface area contributed by atoms with Gasteiger partial charge < -0.3 is 14.4 Å². The molecule has 0 bridgehead atoms. The molecule has 210 valence electrons. The van der Waals surface area contributed by atoms with Crippen molar-refractivity contribution < 1.29 is 23.5 Å². The number of nitriles is 1. The lowest BCUT2D eigenvalue weighted by molar-refractivity contribution is 0.0988. The highest BCUT2D eigenvalue weighted by atomic mass is 19.1. The van der Waals surface area contributed by atoms with Crippen molar-refractivity contribution in [2.45, 2.75) is 12.5 Å². The molecule has 4 aromatic rings. The summed E-state index contributed by atoms with van der Waals surface area (Å²) in [6.07, 6.45) is 4.33. The second-order valence-electron chi connectivity index (χ2n) is 9.93. The molecule has 11 heteroatoms. The number of amides is 1. The van der Waals surface area contributed by atoms with Crippen LogP contribution in [0.25, 0.3) is 22.5 Å². The van der Waals surface area contributed by atoms with Crippen molar-refractivity contribution in [3.8, 4) is 34.3 Å². The van der Waals surface area contributed by atoms with E-state index in [0.29, 0.717) is 37.4 Å². The Balaban J connectivity index is 1.35. The van der Waals surface area contributed by atoms with Crippen molar-refractivity contribution in [1.82, 2.24) is 19.9 Å². The van der Waals surface area contributed by atoms with Crippen LogP contribution in [0, 0.1) is 17.1 Å². The summed E-state index contributed by atoms with van der Waals surface area (Å²) >= 11 is 0. The minimum atomic E-state index is -0.558. The average molecular weight is 565 g/mol. The summed E-state index contributed by atoms with van der Waals surface area (Å²) in [5, 5.41) is 9.65. The molecule has 2 aliphatic heterocycles. The van der Waals surface area contributed by atoms with E-state index in [2.05, 4.69) is 25.9 Å². The molecule has 2 aromatic heterocycles. The maximum atomic E-state index is 14.7. The summed E-state index contributed by atoms with van der Waals surface area (Å²) in [5.74, 6) is -0.523. The fourth-order valence-corrected chi connectivity index (χ4v) is 5.39. The molecule has 0 saturated carbocycles. The average Bonchev–Trinajstić information content (AvgIpc) is 3.40. The van der Waals surface area contributed by atoms with E-state index in [-0.39, 0.29) is 47.2 Å². The van der Waals surface area contributed by atoms with Gasteiger partial charge in [-0.25, -0.2) is 19.2 Å². The number of cyclic esters (lactones) is 1. The van der Waals surface area contributed by atoms with E-state index in [1.54, 1.807) is 29.4 Å². The first kappa shape index (κ1) is 26.8. The minimum absolute atomic E-state index is 0.0128. The van der Waals surface area contributed by atoms with E-state index in [9.17, 15) is 19.2 Å². The van der Waals surface area contributed by atoms with Gasteiger partial charge in [0.1, 0.15) is 23.9 Å². The van der Waals surface area contributed by atoms with Crippen molar-refractivity contribution in [2.75, 3.05) is 38.3 Å². The Bertz CT molecular complexity index is 1740. The predicted octanol–water partition coefficient (Wildman–Crippen LogP) is 4.29. The zero-order valence-electron chi connectivity index (χ0n) is 22.7. The van der Waals surface area contributed by atoms with Crippen LogP contribution in [0.2, 0.25) is 0 Å². The lowest BCUT2D eigenvalue weighted by Gasteiger charge is -2.38. The number of aromatic nitrogens is 3. The summed E-state index contributed by atoms with van der Waals surface area (Å²) in [6.45, 7) is 1.85. The summed E-state index contributed by atoms with van der Waals surface area (Å²) in [5.41, 5.74) is 3.71. The van der Waals surface area contributed by atoms with Crippen molar-refractivity contribution in [3.05, 3.63) is 89.8 Å². The molecule has 0 spiro atoms. The number of benzene rings is 2. The number of ether oxygens (including phenoxy) is 2. The molecule has 4 heterocycles. The number of carbonyl (C=O) groups excluding carboxylic acids is 2. The summed E-state index contributed by atoms with van der Waals surface area (Å²) in [6, 6.07) is 15.3. The highest BCUT2D eigenvalue weighted by Crippen LogP contribution is 2.34. The van der Waals surface area contributed by atoms with Crippen LogP contribution in [0.3, 0.4) is 0 Å². The maximum Gasteiger partial charge on any atom is 0.410 e. The van der Waals surface area contributed by atoms with E-state index in [1.165, 1.54) is 31.5 Å². The number of Topliss-reactive ketones (excluding diaryl/α,β-unsaturated/α-hetero) is 1. The largest absolute Gasteiger partial charge is 0.496 e. The summed E-state index contributed by atoms with van der Waals surface area (Å²) in [7, 11) is 1.43. The number of piperazine rings is 1. The number of pyridine rings is 1. The number of nitrogens with zero attached hydrogens (tertiary/aromatic N) is 6. The van der Waals surface area contributed by atoms with Gasteiger partial charge in [-0.05, 0) is 41.5 Å². The molecule has 42 heavy (non-hydrogen) atoms. The smallest absolute Gasteiger partial charge is 0.410 e. The topological polar surface area (TPSA) is 122 Å². The van der Waals surface area contributed by atoms with E-state index < -0.39 is 5.82 Å². The SMILES string of the molecule is COc1cccc(F)c1-c1nccc(C(=O)Cc2ccc(-c3cnccc3C#N)cc2N2CCN3C(=O)OC[C@H]3C2)n1. The fraction of sp³-hybridized carbons (Fsp3) is 0.226. The molecule has 1 atom stereocenters. The van der Waals surface area contributed by atoms with Gasteiger partial charge in [0.05, 0.1) is 30.3 Å². The van der Waals surface area contributed by atoms with Crippen LogP contribution in [0.4, 0.5) is 14.9 Å². The van der Waals surface area contributed by atoms with E-state index in [0.717, 1.165) is 16.8 Å². The van der Waals surface area contributed by atoms with Gasteiger partial charge in [0, 0.05) is 55.9 Å². The van der Waals surface area contributed by atoms with Crippen LogP contribution >= 0.6 is 0 Å². The maximum absolute atomic E-state index is 14.7. The monoisotopic (exact) mass is 564 g/mol. The molecule has 1 amide bonds. The van der Waals surface area contributed by atoms with Crippen molar-refractivity contribution in [3.63, 3.8) is 0 Å². The summed E-state index contributed by atoms with van der Waals surface area (Å²) < 4.78 is 25.2. The Morgan fingerprint density at radius 2 is 2.07 bits per heavy atom. The van der Waals surface area contributed by atoms with E-state index in [1.807, 2.05) is 18.2 Å². The normalized spacial score (nSPS) is 16.0. The third-order valence-electron chi connectivity index (χ3n) is 7.51. The molecule has 0 radical (unpaired) electrons. The predicted molar refractivity (Wildman–Crippen MR) is 150 cm³/mol. The standard InChI is InChI=1S/C31H25FN6O4/c1-41-28-4-2-3-24(32)29(28)30-35-10-8-25(36-30)27(39)14-20-6-5-19(23-16-34-9-7-21(23)15-33)13-26(20)37-11-12-38-22(17-37)18-42-31(38)40/h2-10,13,16,22H,11-12,14,17-18H2,1H3/t22-/m1/s1. The van der Waals surface area contributed by atoms with Gasteiger partial charge in [0.15, 0.2) is 11.6 Å². The van der Waals surface area contributed by atoms with Crippen LogP contribution in [-0.4, -0.2) is 71.1 Å². The number of fused-ring (bicyclic) bond motifs is 1. The molecule has 0 aliphatic carbocycles. The zero-order chi connectivity index (χ0) is 29.2. The van der Waals surface area contributed by atoms with Crippen molar-refractivity contribution in [2.24, 2.45) is 0 Å². The van der Waals surface area contributed by atoms with Gasteiger partial charge in [-0.2, -0.15) is 5.26 Å². The number of methoxy groups -OCH3 is 1. The van der Waals surface area contributed by atoms with Gasteiger partial charge in [0.25, 0.3) is 0 Å². The van der Waals surface area contributed by atoms with Crippen LogP contribution in [0.1, 0.15) is 21.6 Å². The Morgan fingerprint density at radius 3 is 2.90 bits per heavy atom. The first-order valence-electron chi connectivity index (χ1n) is 13.3. The lowest BCUT2D eigenvalue weighted by atomic mass is 9.96. The summed E-state index contributed by atoms with van der Waals surface area (Å²) in [4.78, 5) is 42.3. The molecular weight excluding hydrogens is 539 g/mol. The number of hydrogen-bond acceptors (Lipinski definition) is 9. The molecule has 2 saturated heterocycles. The second-order valence-corrected chi connectivity index (χ2v) is 9.93. The Labute approximate surface area is 241 Å². The van der Waals surface area contributed by atoms with Crippen LogP contribution in [0.15, 0.2) is 67.1 Å². The van der Waals surface area contributed by atoms with Gasteiger partial charge in [-0.15, -0.1) is 0 Å². The molecule has 2 aliphatic rings. The molecular formula is C31H25FN6O4. The number of anilines is 1. The van der Waals surface area contributed by atoms with Gasteiger partial charge in [0.2, 0.25) is 0 Å². The molecule has 6 rings (SSSR count). The van der Waals surface area contributed by atoms with Crippen LogP contribution in [0.5, 0.6) is 5.75 Å². The first-order valence-corrected chi connectivity index (χ1v) is 13.3. The second kappa shape index (κ2) is 11.2. The molecule has 0 unspecified atom stereocenters. The highest BCUT2D eigenvalue weighted by Gasteiger charge is 2.38. The number of ketones is 1. The van der Waals surface area contributed by atoms with Gasteiger partial charge in [-0.1, -0.05) is 18.2 Å². The number of carbonyl (C=O) groups is 2. The lowest BCUT2D eigenvalue weighted by Crippen LogP contribution is -2.52. The number of halogens is 1. The molecule has 0 N–H and O–H groups in total. The van der Waals surface area contributed by atoms with E-state index >= 15 is 0 Å². The van der Waals surface area contributed by atoms with Crippen LogP contribution in [-0.2, 0) is 11.2 Å². The van der Waals surface area contributed by atoms with Crippen molar-refractivity contribution in [1.29, 1.82) is 5.26 Å². The quantitative estimate of drug-likeness (QED) is 0.303. The van der Waals surface area contributed by atoms with Gasteiger partial charge in [-0.3, -0.25) is 14.7 Å².